The third-order valence-corrected chi connectivity index (χ3v) is 6.48. The highest BCUT2D eigenvalue weighted by atomic mass is 16.2. The third kappa shape index (κ3) is 3.78. The molecule has 2 saturated heterocycles. The summed E-state index contributed by atoms with van der Waals surface area (Å²) in [7, 11) is 1.81. The number of nitrogens with zero attached hydrogens (tertiary/aromatic N) is 4. The van der Waals surface area contributed by atoms with Gasteiger partial charge in [0.15, 0.2) is 5.82 Å². The van der Waals surface area contributed by atoms with Crippen molar-refractivity contribution in [2.45, 2.75) is 44.2 Å². The minimum absolute atomic E-state index is 0.0871. The van der Waals surface area contributed by atoms with E-state index in [-0.39, 0.29) is 30.5 Å². The zero-order valence-corrected chi connectivity index (χ0v) is 18.3. The Bertz CT molecular complexity index is 1150. The first-order chi connectivity index (χ1) is 15.9. The second-order valence-electron chi connectivity index (χ2n) is 8.58. The van der Waals surface area contributed by atoms with E-state index in [2.05, 4.69) is 26.0 Å². The standard InChI is InChI=1S/C22H25N7O4/c1-28-22(26-18(27-28)12-7-9-23-10-8-12)24-11-13-3-2-4-14-17(13)21(33)29(20(14)32)15-5-6-16(30)25-19(15)31/h2-4,12,15,23H,5-11H2,1H3,(H,24,26,27)(H,25,30,31). The largest absolute Gasteiger partial charge is 0.350 e. The van der Waals surface area contributed by atoms with Crippen LogP contribution in [0, 0.1) is 0 Å². The monoisotopic (exact) mass is 451 g/mol. The lowest BCUT2D eigenvalue weighted by Crippen LogP contribution is -2.54. The average Bonchev–Trinajstić information content (AvgIpc) is 3.31. The topological polar surface area (TPSA) is 138 Å². The number of hydrogen-bond donors (Lipinski definition) is 3. The van der Waals surface area contributed by atoms with Crippen molar-refractivity contribution in [3.8, 4) is 0 Å². The predicted octanol–water partition coefficient (Wildman–Crippen LogP) is 0.295. The van der Waals surface area contributed by atoms with Crippen LogP contribution in [0.3, 0.4) is 0 Å². The Hall–Kier alpha value is -3.60. The molecule has 11 nitrogen and oxygen atoms in total. The number of carbonyl (C=O) groups excluding carboxylic acids is 4. The van der Waals surface area contributed by atoms with E-state index in [4.69, 9.17) is 0 Å². The first-order valence-electron chi connectivity index (χ1n) is 11.1. The maximum atomic E-state index is 13.2. The highest BCUT2D eigenvalue weighted by Gasteiger charge is 2.45. The summed E-state index contributed by atoms with van der Waals surface area (Å²) < 4.78 is 1.68. The average molecular weight is 451 g/mol. The minimum Gasteiger partial charge on any atom is -0.350 e. The van der Waals surface area contributed by atoms with Crippen LogP contribution in [-0.2, 0) is 23.2 Å². The third-order valence-electron chi connectivity index (χ3n) is 6.48. The van der Waals surface area contributed by atoms with Crippen molar-refractivity contribution in [2.24, 2.45) is 7.05 Å². The van der Waals surface area contributed by atoms with Crippen molar-refractivity contribution in [3.63, 3.8) is 0 Å². The van der Waals surface area contributed by atoms with Crippen LogP contribution in [0.5, 0.6) is 0 Å². The quantitative estimate of drug-likeness (QED) is 0.552. The van der Waals surface area contributed by atoms with Crippen LogP contribution < -0.4 is 16.0 Å². The summed E-state index contributed by atoms with van der Waals surface area (Å²) in [6.45, 7) is 2.16. The van der Waals surface area contributed by atoms with Gasteiger partial charge in [-0.1, -0.05) is 12.1 Å². The normalized spacial score (nSPS) is 21.4. The number of benzene rings is 1. The molecule has 11 heteroatoms. The second-order valence-corrected chi connectivity index (χ2v) is 8.58. The van der Waals surface area contributed by atoms with E-state index in [1.807, 2.05) is 7.05 Å². The van der Waals surface area contributed by atoms with Gasteiger partial charge in [0.1, 0.15) is 6.04 Å². The van der Waals surface area contributed by atoms with Gasteiger partial charge >= 0.3 is 0 Å². The second kappa shape index (κ2) is 8.39. The highest BCUT2D eigenvalue weighted by molar-refractivity contribution is 6.24. The summed E-state index contributed by atoms with van der Waals surface area (Å²) in [5.41, 5.74) is 1.17. The van der Waals surface area contributed by atoms with Gasteiger partial charge in [0.2, 0.25) is 17.8 Å². The van der Waals surface area contributed by atoms with E-state index in [1.54, 1.807) is 22.9 Å². The predicted molar refractivity (Wildman–Crippen MR) is 116 cm³/mol. The first kappa shape index (κ1) is 21.3. The van der Waals surface area contributed by atoms with Crippen molar-refractivity contribution in [1.82, 2.24) is 30.3 Å². The van der Waals surface area contributed by atoms with Crippen molar-refractivity contribution in [1.29, 1.82) is 0 Å². The smallest absolute Gasteiger partial charge is 0.262 e. The van der Waals surface area contributed by atoms with Gasteiger partial charge in [0.05, 0.1) is 11.1 Å². The Morgan fingerprint density at radius 3 is 2.64 bits per heavy atom. The Kier molecular flexibility index (Phi) is 5.41. The summed E-state index contributed by atoms with van der Waals surface area (Å²) in [5, 5.41) is 13.3. The zero-order chi connectivity index (χ0) is 23.1. The molecule has 1 atom stereocenters. The number of aromatic nitrogens is 3. The maximum Gasteiger partial charge on any atom is 0.262 e. The van der Waals surface area contributed by atoms with E-state index < -0.39 is 29.7 Å². The number of fused-ring (bicyclic) bond motifs is 1. The molecule has 172 valence electrons. The zero-order valence-electron chi connectivity index (χ0n) is 18.3. The highest BCUT2D eigenvalue weighted by Crippen LogP contribution is 2.30. The van der Waals surface area contributed by atoms with E-state index in [1.165, 1.54) is 0 Å². The molecular formula is C22H25N7O4. The molecule has 0 radical (unpaired) electrons. The molecule has 3 aliphatic heterocycles. The van der Waals surface area contributed by atoms with E-state index >= 15 is 0 Å². The molecule has 0 saturated carbocycles. The van der Waals surface area contributed by atoms with Crippen LogP contribution in [0.25, 0.3) is 0 Å². The van der Waals surface area contributed by atoms with Gasteiger partial charge < -0.3 is 10.6 Å². The first-order valence-corrected chi connectivity index (χ1v) is 11.1. The lowest BCUT2D eigenvalue weighted by molar-refractivity contribution is -0.136. The van der Waals surface area contributed by atoms with Crippen LogP contribution in [0.2, 0.25) is 0 Å². The molecule has 1 aromatic heterocycles. The number of anilines is 1. The number of piperidine rings is 2. The molecular weight excluding hydrogens is 426 g/mol. The number of rotatable bonds is 5. The number of nitrogens with one attached hydrogen (secondary N) is 3. The minimum atomic E-state index is -0.984. The molecule has 0 bridgehead atoms. The maximum absolute atomic E-state index is 13.2. The number of carbonyl (C=O) groups is 4. The molecule has 1 aromatic carbocycles. The van der Waals surface area contributed by atoms with Crippen LogP contribution in [0.4, 0.5) is 5.95 Å². The molecule has 2 aromatic rings. The Morgan fingerprint density at radius 2 is 1.88 bits per heavy atom. The molecule has 2 fully saturated rings. The van der Waals surface area contributed by atoms with Crippen LogP contribution in [-0.4, -0.2) is 62.4 Å². The molecule has 33 heavy (non-hydrogen) atoms. The Balaban J connectivity index is 1.35. The van der Waals surface area contributed by atoms with E-state index in [0.29, 0.717) is 17.4 Å². The Morgan fingerprint density at radius 1 is 1.09 bits per heavy atom. The van der Waals surface area contributed by atoms with Gasteiger partial charge in [0, 0.05) is 25.9 Å². The summed E-state index contributed by atoms with van der Waals surface area (Å²) >= 11 is 0. The molecule has 3 aliphatic rings. The summed E-state index contributed by atoms with van der Waals surface area (Å²) in [4.78, 5) is 55.6. The molecule has 0 spiro atoms. The molecule has 5 rings (SSSR count). The number of aryl methyl sites for hydroxylation is 1. The lowest BCUT2D eigenvalue weighted by atomic mass is 9.98. The van der Waals surface area contributed by atoms with Crippen molar-refractivity contribution < 1.29 is 19.2 Å². The molecule has 1 unspecified atom stereocenters. The van der Waals surface area contributed by atoms with Gasteiger partial charge in [0.25, 0.3) is 11.8 Å². The van der Waals surface area contributed by atoms with E-state index in [9.17, 15) is 19.2 Å². The van der Waals surface area contributed by atoms with Crippen LogP contribution in [0.1, 0.15) is 63.7 Å². The molecule has 4 amide bonds. The van der Waals surface area contributed by atoms with Crippen molar-refractivity contribution in [2.75, 3.05) is 18.4 Å². The van der Waals surface area contributed by atoms with Gasteiger partial charge in [-0.15, -0.1) is 0 Å². The van der Waals surface area contributed by atoms with Crippen molar-refractivity contribution in [3.05, 3.63) is 40.7 Å². The fraction of sp³-hybridized carbons (Fsp3) is 0.455. The SMILES string of the molecule is Cn1nc(C2CCNCC2)nc1NCc1cccc2c1C(=O)N(C1CCC(=O)NC1=O)C2=O. The van der Waals surface area contributed by atoms with Gasteiger partial charge in [-0.3, -0.25) is 29.4 Å². The van der Waals surface area contributed by atoms with E-state index in [0.717, 1.165) is 36.7 Å². The fourth-order valence-corrected chi connectivity index (χ4v) is 4.72. The molecule has 0 aliphatic carbocycles. The summed E-state index contributed by atoms with van der Waals surface area (Å²) in [5.74, 6) is -0.353. The number of amides is 4. The molecule has 4 heterocycles. The van der Waals surface area contributed by atoms with Gasteiger partial charge in [-0.2, -0.15) is 10.1 Å². The summed E-state index contributed by atoms with van der Waals surface area (Å²) in [6.07, 6.45) is 2.19. The van der Waals surface area contributed by atoms with Gasteiger partial charge in [-0.25, -0.2) is 4.68 Å². The molecule has 3 N–H and O–H groups in total. The fourth-order valence-electron chi connectivity index (χ4n) is 4.72. The number of hydrogen-bond acceptors (Lipinski definition) is 8. The Labute approximate surface area is 189 Å². The number of imide groups is 2. The van der Waals surface area contributed by atoms with Gasteiger partial charge in [-0.05, 0) is 44.0 Å². The summed E-state index contributed by atoms with van der Waals surface area (Å²) in [6, 6.07) is 4.09. The van der Waals surface area contributed by atoms with Crippen molar-refractivity contribution >= 4 is 29.6 Å². The van der Waals surface area contributed by atoms with Crippen LogP contribution >= 0.6 is 0 Å². The van der Waals surface area contributed by atoms with Crippen LogP contribution in [0.15, 0.2) is 18.2 Å². The lowest BCUT2D eigenvalue weighted by Gasteiger charge is -2.27.